The molecular formula is C10H14ClN3. The van der Waals surface area contributed by atoms with E-state index in [4.69, 9.17) is 11.6 Å². The van der Waals surface area contributed by atoms with E-state index in [-0.39, 0.29) is 0 Å². The van der Waals surface area contributed by atoms with Gasteiger partial charge in [-0.25, -0.2) is 0 Å². The maximum absolute atomic E-state index is 6.08. The second kappa shape index (κ2) is 2.72. The van der Waals surface area contributed by atoms with E-state index >= 15 is 0 Å². The minimum atomic E-state index is 0.308. The van der Waals surface area contributed by atoms with Gasteiger partial charge in [-0.1, -0.05) is 6.42 Å². The summed E-state index contributed by atoms with van der Waals surface area (Å²) in [5, 5.41) is 8.56. The Morgan fingerprint density at radius 2 is 2.07 bits per heavy atom. The van der Waals surface area contributed by atoms with Gasteiger partial charge in [-0.05, 0) is 50.1 Å². The van der Waals surface area contributed by atoms with Crippen molar-refractivity contribution in [1.29, 1.82) is 0 Å². The van der Waals surface area contributed by atoms with Crippen LogP contribution in [0.2, 0.25) is 5.28 Å². The van der Waals surface area contributed by atoms with E-state index in [1.807, 2.05) is 6.92 Å². The third kappa shape index (κ3) is 0.991. The normalized spacial score (nSPS) is 24.7. The first-order valence-corrected chi connectivity index (χ1v) is 5.70. The Morgan fingerprint density at radius 1 is 1.36 bits per heavy atom. The van der Waals surface area contributed by atoms with Crippen LogP contribution in [0, 0.1) is 12.8 Å². The van der Waals surface area contributed by atoms with Crippen LogP contribution < -0.4 is 0 Å². The summed E-state index contributed by atoms with van der Waals surface area (Å²) in [5.41, 5.74) is 0.308. The molecule has 0 bridgehead atoms. The molecule has 2 aliphatic carbocycles. The van der Waals surface area contributed by atoms with Crippen molar-refractivity contribution in [2.45, 2.75) is 44.6 Å². The first kappa shape index (κ1) is 8.72. The van der Waals surface area contributed by atoms with Gasteiger partial charge in [0.1, 0.15) is 5.82 Å². The van der Waals surface area contributed by atoms with E-state index in [1.54, 1.807) is 0 Å². The Hall–Kier alpha value is -0.570. The fourth-order valence-electron chi connectivity index (χ4n) is 2.73. The molecule has 1 aromatic heterocycles. The lowest BCUT2D eigenvalue weighted by atomic mass is 9.77. The molecule has 14 heavy (non-hydrogen) atoms. The number of aryl methyl sites for hydroxylation is 1. The van der Waals surface area contributed by atoms with Crippen molar-refractivity contribution >= 4 is 11.6 Å². The maximum atomic E-state index is 6.08. The van der Waals surface area contributed by atoms with Gasteiger partial charge in [0.05, 0.1) is 5.54 Å². The summed E-state index contributed by atoms with van der Waals surface area (Å²) < 4.78 is 2.17. The molecule has 0 aromatic carbocycles. The van der Waals surface area contributed by atoms with Gasteiger partial charge >= 0.3 is 0 Å². The van der Waals surface area contributed by atoms with Gasteiger partial charge in [-0.2, -0.15) is 0 Å². The van der Waals surface area contributed by atoms with Gasteiger partial charge in [-0.3, -0.25) is 4.57 Å². The standard InChI is InChI=1S/C10H14ClN3/c1-7-12-13-9(11)14(7)10(5-6-10)8-3-2-4-8/h8H,2-6H2,1H3. The van der Waals surface area contributed by atoms with Crippen LogP contribution in [-0.2, 0) is 5.54 Å². The Morgan fingerprint density at radius 3 is 2.43 bits per heavy atom. The highest BCUT2D eigenvalue weighted by molar-refractivity contribution is 6.28. The van der Waals surface area contributed by atoms with Crippen LogP contribution in [0.4, 0.5) is 0 Å². The molecule has 2 saturated carbocycles. The average molecular weight is 212 g/mol. The van der Waals surface area contributed by atoms with E-state index in [0.717, 1.165) is 11.7 Å². The number of hydrogen-bond donors (Lipinski definition) is 0. The molecule has 0 unspecified atom stereocenters. The molecule has 4 heteroatoms. The number of aromatic nitrogens is 3. The Labute approximate surface area is 88.5 Å². The van der Waals surface area contributed by atoms with Crippen molar-refractivity contribution in [3.05, 3.63) is 11.1 Å². The van der Waals surface area contributed by atoms with Crippen LogP contribution in [0.25, 0.3) is 0 Å². The third-order valence-corrected chi connectivity index (χ3v) is 4.10. The highest BCUT2D eigenvalue weighted by atomic mass is 35.5. The highest BCUT2D eigenvalue weighted by Crippen LogP contribution is 2.57. The van der Waals surface area contributed by atoms with Crippen LogP contribution in [0.1, 0.15) is 37.9 Å². The molecule has 0 amide bonds. The lowest BCUT2D eigenvalue weighted by molar-refractivity contribution is 0.185. The summed E-state index contributed by atoms with van der Waals surface area (Å²) in [7, 11) is 0. The number of nitrogens with zero attached hydrogens (tertiary/aromatic N) is 3. The molecule has 0 radical (unpaired) electrons. The van der Waals surface area contributed by atoms with Gasteiger partial charge in [0, 0.05) is 0 Å². The summed E-state index contributed by atoms with van der Waals surface area (Å²) in [6.45, 7) is 2.00. The lowest BCUT2D eigenvalue weighted by Crippen LogP contribution is -2.33. The molecule has 0 spiro atoms. The van der Waals surface area contributed by atoms with E-state index in [2.05, 4.69) is 14.8 Å². The van der Waals surface area contributed by atoms with E-state index < -0.39 is 0 Å². The Balaban J connectivity index is 2.01. The molecule has 0 atom stereocenters. The van der Waals surface area contributed by atoms with Gasteiger partial charge < -0.3 is 0 Å². The minimum Gasteiger partial charge on any atom is -0.295 e. The van der Waals surface area contributed by atoms with E-state index in [1.165, 1.54) is 32.1 Å². The van der Waals surface area contributed by atoms with Crippen molar-refractivity contribution in [2.75, 3.05) is 0 Å². The first-order valence-electron chi connectivity index (χ1n) is 5.32. The average Bonchev–Trinajstić information content (AvgIpc) is 2.72. The predicted molar refractivity (Wildman–Crippen MR) is 54.3 cm³/mol. The third-order valence-electron chi connectivity index (χ3n) is 3.86. The van der Waals surface area contributed by atoms with Crippen LogP contribution in [0.3, 0.4) is 0 Å². The van der Waals surface area contributed by atoms with E-state index in [0.29, 0.717) is 10.8 Å². The summed E-state index contributed by atoms with van der Waals surface area (Å²) >= 11 is 6.08. The Kier molecular flexibility index (Phi) is 1.69. The quantitative estimate of drug-likeness (QED) is 0.753. The van der Waals surface area contributed by atoms with Crippen LogP contribution >= 0.6 is 11.6 Å². The van der Waals surface area contributed by atoms with Crippen molar-refractivity contribution in [1.82, 2.24) is 14.8 Å². The predicted octanol–water partition coefficient (Wildman–Crippen LogP) is 2.53. The van der Waals surface area contributed by atoms with Gasteiger partial charge in [0.25, 0.3) is 0 Å². The summed E-state index contributed by atoms with van der Waals surface area (Å²) in [5.74, 6) is 1.80. The molecule has 0 saturated heterocycles. The fourth-order valence-corrected chi connectivity index (χ4v) is 3.06. The molecule has 2 fully saturated rings. The smallest absolute Gasteiger partial charge is 0.225 e. The van der Waals surface area contributed by atoms with Crippen molar-refractivity contribution in [3.8, 4) is 0 Å². The molecule has 0 aliphatic heterocycles. The largest absolute Gasteiger partial charge is 0.295 e. The maximum Gasteiger partial charge on any atom is 0.225 e. The monoisotopic (exact) mass is 211 g/mol. The van der Waals surface area contributed by atoms with Gasteiger partial charge in [0.15, 0.2) is 0 Å². The summed E-state index contributed by atoms with van der Waals surface area (Å²) in [6, 6.07) is 0. The molecule has 0 N–H and O–H groups in total. The van der Waals surface area contributed by atoms with E-state index in [9.17, 15) is 0 Å². The van der Waals surface area contributed by atoms with Gasteiger partial charge in [-0.15, -0.1) is 10.2 Å². The van der Waals surface area contributed by atoms with Gasteiger partial charge in [0.2, 0.25) is 5.28 Å². The lowest BCUT2D eigenvalue weighted by Gasteiger charge is -2.35. The molecule has 76 valence electrons. The molecule has 3 nitrogen and oxygen atoms in total. The van der Waals surface area contributed by atoms with Crippen molar-refractivity contribution in [3.63, 3.8) is 0 Å². The zero-order valence-corrected chi connectivity index (χ0v) is 9.09. The number of hydrogen-bond acceptors (Lipinski definition) is 2. The summed E-state index contributed by atoms with van der Waals surface area (Å²) in [4.78, 5) is 0. The highest BCUT2D eigenvalue weighted by Gasteiger charge is 2.54. The molecule has 1 aromatic rings. The second-order valence-corrected chi connectivity index (χ2v) is 4.92. The number of halogens is 1. The van der Waals surface area contributed by atoms with Crippen molar-refractivity contribution < 1.29 is 0 Å². The van der Waals surface area contributed by atoms with Crippen molar-refractivity contribution in [2.24, 2.45) is 5.92 Å². The van der Waals surface area contributed by atoms with Crippen LogP contribution in [0.5, 0.6) is 0 Å². The zero-order chi connectivity index (χ0) is 9.76. The summed E-state index contributed by atoms with van der Waals surface area (Å²) in [6.07, 6.45) is 6.61. The zero-order valence-electron chi connectivity index (χ0n) is 8.33. The Bertz CT molecular complexity index is 344. The molecule has 1 heterocycles. The molecule has 2 aliphatic rings. The second-order valence-electron chi connectivity index (χ2n) is 4.58. The number of rotatable bonds is 2. The first-order chi connectivity index (χ1) is 6.74. The van der Waals surface area contributed by atoms with Crippen LogP contribution in [0.15, 0.2) is 0 Å². The van der Waals surface area contributed by atoms with Crippen LogP contribution in [-0.4, -0.2) is 14.8 Å². The molecular weight excluding hydrogens is 198 g/mol. The molecule has 3 rings (SSSR count). The topological polar surface area (TPSA) is 30.7 Å². The minimum absolute atomic E-state index is 0.308. The fraction of sp³-hybridized carbons (Fsp3) is 0.800. The SMILES string of the molecule is Cc1nnc(Cl)n1C1(C2CCC2)CC1.